The number of halogens is 1. The molecule has 1 amide bonds. The molecule has 0 aromatic heterocycles. The third-order valence-corrected chi connectivity index (χ3v) is 3.24. The van der Waals surface area contributed by atoms with Crippen LogP contribution in [0, 0.1) is 0 Å². The molecular formula is C13H18ClN3O3. The Balaban J connectivity index is 2.94. The van der Waals surface area contributed by atoms with Gasteiger partial charge >= 0.3 is 0 Å². The first kappa shape index (κ1) is 16.1. The maximum atomic E-state index is 12.4. The van der Waals surface area contributed by atoms with E-state index in [0.717, 1.165) is 0 Å². The van der Waals surface area contributed by atoms with Crippen molar-refractivity contribution < 1.29 is 14.7 Å². The number of ether oxygens (including phenoxy) is 1. The van der Waals surface area contributed by atoms with Gasteiger partial charge in [-0.25, -0.2) is 0 Å². The Hall–Kier alpha value is -1.95. The van der Waals surface area contributed by atoms with Crippen molar-refractivity contribution in [3.63, 3.8) is 0 Å². The summed E-state index contributed by atoms with van der Waals surface area (Å²) in [5, 5.41) is 12.0. The summed E-state index contributed by atoms with van der Waals surface area (Å²) in [6.45, 7) is 1.80. The number of carbonyl (C=O) groups excluding carboxylic acids is 1. The second-order valence-corrected chi connectivity index (χ2v) is 4.84. The summed E-state index contributed by atoms with van der Waals surface area (Å²) in [4.78, 5) is 13.9. The van der Waals surface area contributed by atoms with Gasteiger partial charge < -0.3 is 20.6 Å². The van der Waals surface area contributed by atoms with Crippen LogP contribution in [-0.4, -0.2) is 42.0 Å². The first-order valence-corrected chi connectivity index (χ1v) is 6.35. The lowest BCUT2D eigenvalue weighted by atomic mass is 10.1. The van der Waals surface area contributed by atoms with Crippen LogP contribution in [-0.2, 0) is 0 Å². The van der Waals surface area contributed by atoms with E-state index >= 15 is 0 Å². The van der Waals surface area contributed by atoms with Gasteiger partial charge in [-0.1, -0.05) is 16.8 Å². The number of nitrogens with zero attached hydrogens (tertiary/aromatic N) is 2. The number of benzene rings is 1. The smallest absolute Gasteiger partial charge is 0.257 e. The monoisotopic (exact) mass is 299 g/mol. The lowest BCUT2D eigenvalue weighted by Gasteiger charge is -2.25. The molecule has 0 saturated carbocycles. The summed E-state index contributed by atoms with van der Waals surface area (Å²) in [6.07, 6.45) is 0.272. The fraction of sp³-hybridized carbons (Fsp3) is 0.385. The van der Waals surface area contributed by atoms with Crippen molar-refractivity contribution in [1.29, 1.82) is 0 Å². The Morgan fingerprint density at radius 1 is 1.60 bits per heavy atom. The topological polar surface area (TPSA) is 88.2 Å². The first-order valence-electron chi connectivity index (χ1n) is 5.97. The van der Waals surface area contributed by atoms with Crippen LogP contribution in [0.1, 0.15) is 23.7 Å². The van der Waals surface area contributed by atoms with Crippen molar-refractivity contribution in [1.82, 2.24) is 4.90 Å². The molecule has 0 fully saturated rings. The zero-order valence-corrected chi connectivity index (χ0v) is 12.4. The summed E-state index contributed by atoms with van der Waals surface area (Å²) in [7, 11) is 3.12. The molecule has 0 spiro atoms. The van der Waals surface area contributed by atoms with Gasteiger partial charge in [-0.2, -0.15) is 0 Å². The number of amides is 1. The third-order valence-electron chi connectivity index (χ3n) is 3.01. The molecule has 0 radical (unpaired) electrons. The number of amidine groups is 1. The van der Waals surface area contributed by atoms with Crippen LogP contribution in [0.15, 0.2) is 23.4 Å². The lowest BCUT2D eigenvalue weighted by Crippen LogP contribution is -2.38. The minimum Gasteiger partial charge on any atom is -0.496 e. The molecule has 0 saturated heterocycles. The highest BCUT2D eigenvalue weighted by molar-refractivity contribution is 6.30. The van der Waals surface area contributed by atoms with E-state index in [1.165, 1.54) is 12.0 Å². The average molecular weight is 300 g/mol. The number of methoxy groups -OCH3 is 1. The largest absolute Gasteiger partial charge is 0.496 e. The molecular weight excluding hydrogens is 282 g/mol. The van der Waals surface area contributed by atoms with E-state index in [0.29, 0.717) is 16.3 Å². The van der Waals surface area contributed by atoms with Crippen LogP contribution in [0.4, 0.5) is 0 Å². The molecule has 0 bridgehead atoms. The molecule has 3 N–H and O–H groups in total. The Morgan fingerprint density at radius 2 is 2.25 bits per heavy atom. The maximum Gasteiger partial charge on any atom is 0.257 e. The molecule has 0 aliphatic carbocycles. The van der Waals surface area contributed by atoms with E-state index in [4.69, 9.17) is 27.3 Å². The van der Waals surface area contributed by atoms with Crippen molar-refractivity contribution in [2.24, 2.45) is 10.9 Å². The summed E-state index contributed by atoms with van der Waals surface area (Å²) < 4.78 is 5.16. The Bertz CT molecular complexity index is 520. The van der Waals surface area contributed by atoms with Crippen LogP contribution in [0.3, 0.4) is 0 Å². The molecule has 1 aromatic carbocycles. The molecule has 1 atom stereocenters. The zero-order chi connectivity index (χ0) is 15.3. The van der Waals surface area contributed by atoms with Crippen LogP contribution in [0.5, 0.6) is 5.75 Å². The second-order valence-electron chi connectivity index (χ2n) is 4.41. The molecule has 20 heavy (non-hydrogen) atoms. The molecule has 0 heterocycles. The SMILES string of the molecule is COc1cc(Cl)ccc1C(=O)N(C)C(C)CC(N)=NO. The van der Waals surface area contributed by atoms with Gasteiger partial charge in [0.15, 0.2) is 0 Å². The molecule has 7 heteroatoms. The average Bonchev–Trinajstić information content (AvgIpc) is 2.45. The zero-order valence-electron chi connectivity index (χ0n) is 11.6. The van der Waals surface area contributed by atoms with Crippen molar-refractivity contribution >= 4 is 23.3 Å². The number of rotatable bonds is 5. The summed E-state index contributed by atoms with van der Waals surface area (Å²) in [6, 6.07) is 4.59. The summed E-state index contributed by atoms with van der Waals surface area (Å²) in [5.74, 6) is 0.252. The number of hydrogen-bond acceptors (Lipinski definition) is 4. The maximum absolute atomic E-state index is 12.4. The number of oxime groups is 1. The van der Waals surface area contributed by atoms with E-state index in [9.17, 15) is 4.79 Å². The van der Waals surface area contributed by atoms with E-state index in [1.807, 2.05) is 0 Å². The van der Waals surface area contributed by atoms with Crippen molar-refractivity contribution in [2.45, 2.75) is 19.4 Å². The van der Waals surface area contributed by atoms with Gasteiger partial charge in [0.25, 0.3) is 5.91 Å². The van der Waals surface area contributed by atoms with Crippen molar-refractivity contribution in [3.05, 3.63) is 28.8 Å². The van der Waals surface area contributed by atoms with E-state index < -0.39 is 0 Å². The van der Waals surface area contributed by atoms with Gasteiger partial charge in [0.05, 0.1) is 12.7 Å². The standard InChI is InChI=1S/C13H18ClN3O3/c1-8(6-12(15)16-19)17(2)13(18)10-5-4-9(14)7-11(10)20-3/h4-5,7-8,19H,6H2,1-3H3,(H2,15,16). The molecule has 1 aromatic rings. The lowest BCUT2D eigenvalue weighted by molar-refractivity contribution is 0.0744. The molecule has 110 valence electrons. The molecule has 0 aliphatic rings. The van der Waals surface area contributed by atoms with Gasteiger partial charge in [0.2, 0.25) is 0 Å². The predicted octanol–water partition coefficient (Wildman–Crippen LogP) is 1.95. The summed E-state index contributed by atoms with van der Waals surface area (Å²) in [5.41, 5.74) is 5.85. The first-order chi connectivity index (χ1) is 9.40. The van der Waals surface area contributed by atoms with E-state index in [-0.39, 0.29) is 24.2 Å². The van der Waals surface area contributed by atoms with Gasteiger partial charge in [0.1, 0.15) is 11.6 Å². The summed E-state index contributed by atoms with van der Waals surface area (Å²) >= 11 is 5.87. The predicted molar refractivity (Wildman–Crippen MR) is 77.6 cm³/mol. The molecule has 1 rings (SSSR count). The van der Waals surface area contributed by atoms with Crippen LogP contribution >= 0.6 is 11.6 Å². The highest BCUT2D eigenvalue weighted by Gasteiger charge is 2.21. The third kappa shape index (κ3) is 3.77. The Kier molecular flexibility index (Phi) is 5.64. The minimum atomic E-state index is -0.225. The second kappa shape index (κ2) is 7.00. The molecule has 1 unspecified atom stereocenters. The highest BCUT2D eigenvalue weighted by atomic mass is 35.5. The Morgan fingerprint density at radius 3 is 2.80 bits per heavy atom. The quantitative estimate of drug-likeness (QED) is 0.376. The van der Waals surface area contributed by atoms with E-state index in [2.05, 4.69) is 5.16 Å². The normalized spacial score (nSPS) is 12.9. The molecule has 0 aliphatic heterocycles. The van der Waals surface area contributed by atoms with E-state index in [1.54, 1.807) is 32.2 Å². The van der Waals surface area contributed by atoms with Gasteiger partial charge in [-0.3, -0.25) is 4.79 Å². The van der Waals surface area contributed by atoms with Crippen molar-refractivity contribution in [3.8, 4) is 5.75 Å². The highest BCUT2D eigenvalue weighted by Crippen LogP contribution is 2.24. The van der Waals surface area contributed by atoms with Gasteiger partial charge in [0, 0.05) is 24.5 Å². The van der Waals surface area contributed by atoms with Crippen LogP contribution in [0.2, 0.25) is 5.02 Å². The molecule has 6 nitrogen and oxygen atoms in total. The Labute approximate surface area is 122 Å². The fourth-order valence-electron chi connectivity index (χ4n) is 1.71. The van der Waals surface area contributed by atoms with Crippen molar-refractivity contribution in [2.75, 3.05) is 14.2 Å². The van der Waals surface area contributed by atoms with Crippen LogP contribution < -0.4 is 10.5 Å². The fourth-order valence-corrected chi connectivity index (χ4v) is 1.87. The number of nitrogens with two attached hydrogens (primary N) is 1. The van der Waals surface area contributed by atoms with Gasteiger partial charge in [-0.15, -0.1) is 0 Å². The van der Waals surface area contributed by atoms with Gasteiger partial charge in [-0.05, 0) is 25.1 Å². The van der Waals surface area contributed by atoms with Crippen LogP contribution in [0.25, 0.3) is 0 Å². The number of hydrogen-bond donors (Lipinski definition) is 2. The number of carbonyl (C=O) groups is 1. The minimum absolute atomic E-state index is 0.0696.